The van der Waals surface area contributed by atoms with Crippen LogP contribution in [0.5, 0.6) is 0 Å². The smallest absolute Gasteiger partial charge is 0.457 e. The van der Waals surface area contributed by atoms with E-state index in [9.17, 15) is 14.3 Å². The number of carbonyl (C=O) groups is 1. The quantitative estimate of drug-likeness (QED) is 0.0323. The monoisotopic (exact) mass is 641 g/mol. The van der Waals surface area contributed by atoms with Crippen molar-refractivity contribution < 1.29 is 32.8 Å². The van der Waals surface area contributed by atoms with E-state index in [0.29, 0.717) is 13.0 Å². The average molecular weight is 642 g/mol. The van der Waals surface area contributed by atoms with E-state index in [1.165, 1.54) is 38.5 Å². The molecule has 0 fully saturated rings. The Labute approximate surface area is 269 Å². The normalized spacial score (nSPS) is 14.4. The number of rotatable bonds is 32. The molecule has 2 unspecified atom stereocenters. The molecule has 3 N–H and O–H groups in total. The van der Waals surface area contributed by atoms with Gasteiger partial charge in [0.1, 0.15) is 6.10 Å². The van der Waals surface area contributed by atoms with Gasteiger partial charge in [0.15, 0.2) is 0 Å². The summed E-state index contributed by atoms with van der Waals surface area (Å²) < 4.78 is 33.0. The van der Waals surface area contributed by atoms with Gasteiger partial charge < -0.3 is 20.1 Å². The van der Waals surface area contributed by atoms with E-state index in [2.05, 4.69) is 62.5 Å². The standard InChI is InChI=1S/C35H64NO7P/c1-3-5-7-9-11-12-13-14-15-16-17-18-19-20-21-22-23-24-26-28-35(37)43-34(33-42-44(38,39)41-31-29-36)32-40-30-27-25-10-8-6-4-2/h5,7,11-12,14-15,17-18,34H,3-4,6,8-10,13,16,19-33,36H2,1-2H3,(H,38,39)/b7-5-,12-11-,15-14-,18-17-. The number of carbonyl (C=O) groups excluding carboxylic acids is 1. The molecule has 0 aromatic heterocycles. The van der Waals surface area contributed by atoms with E-state index in [1.807, 2.05) is 0 Å². The van der Waals surface area contributed by atoms with Crippen molar-refractivity contribution in [3.63, 3.8) is 0 Å². The predicted molar refractivity (Wildman–Crippen MR) is 182 cm³/mol. The lowest BCUT2D eigenvalue weighted by Gasteiger charge is -2.20. The van der Waals surface area contributed by atoms with Gasteiger partial charge in [0, 0.05) is 19.6 Å². The molecule has 8 nitrogen and oxygen atoms in total. The Bertz CT molecular complexity index is 813. The first-order valence-corrected chi connectivity index (χ1v) is 18.6. The minimum Gasteiger partial charge on any atom is -0.457 e. The summed E-state index contributed by atoms with van der Waals surface area (Å²) >= 11 is 0. The highest BCUT2D eigenvalue weighted by molar-refractivity contribution is 7.47. The first kappa shape index (κ1) is 42.5. The molecule has 0 aliphatic rings. The molecule has 0 aromatic rings. The van der Waals surface area contributed by atoms with E-state index >= 15 is 0 Å². The molecule has 0 amide bonds. The molecule has 2 atom stereocenters. The van der Waals surface area contributed by atoms with Gasteiger partial charge in [-0.25, -0.2) is 4.57 Å². The van der Waals surface area contributed by atoms with Crippen molar-refractivity contribution in [3.05, 3.63) is 48.6 Å². The minimum atomic E-state index is -4.26. The maximum Gasteiger partial charge on any atom is 0.472 e. The molecular formula is C35H64NO7P. The van der Waals surface area contributed by atoms with Gasteiger partial charge in [0.05, 0.1) is 19.8 Å². The number of unbranched alkanes of at least 4 members (excludes halogenated alkanes) is 11. The fourth-order valence-electron chi connectivity index (χ4n) is 4.28. The maximum atomic E-state index is 12.4. The Morgan fingerprint density at radius 3 is 1.91 bits per heavy atom. The molecule has 256 valence electrons. The molecule has 44 heavy (non-hydrogen) atoms. The third kappa shape index (κ3) is 31.9. The number of phosphoric acid groups is 1. The second-order valence-electron chi connectivity index (χ2n) is 11.0. The number of esters is 1. The molecule has 0 bridgehead atoms. The zero-order valence-electron chi connectivity index (χ0n) is 27.9. The summed E-state index contributed by atoms with van der Waals surface area (Å²) in [4.78, 5) is 22.2. The van der Waals surface area contributed by atoms with Crippen LogP contribution in [0.2, 0.25) is 0 Å². The summed E-state index contributed by atoms with van der Waals surface area (Å²) in [6.45, 7) is 4.71. The van der Waals surface area contributed by atoms with Crippen molar-refractivity contribution in [2.75, 3.05) is 33.0 Å². The lowest BCUT2D eigenvalue weighted by atomic mass is 10.1. The Kier molecular flexibility index (Phi) is 31.7. The highest BCUT2D eigenvalue weighted by Crippen LogP contribution is 2.43. The van der Waals surface area contributed by atoms with Crippen LogP contribution in [0.15, 0.2) is 48.6 Å². The Balaban J connectivity index is 4.06. The highest BCUT2D eigenvalue weighted by atomic mass is 31.2. The Morgan fingerprint density at radius 1 is 0.705 bits per heavy atom. The number of hydrogen-bond donors (Lipinski definition) is 2. The number of ether oxygens (including phenoxy) is 2. The molecule has 0 saturated heterocycles. The van der Waals surface area contributed by atoms with Crippen molar-refractivity contribution in [1.82, 2.24) is 0 Å². The molecule has 0 aliphatic heterocycles. The van der Waals surface area contributed by atoms with Crippen LogP contribution < -0.4 is 5.73 Å². The summed E-state index contributed by atoms with van der Waals surface area (Å²) in [7, 11) is -4.26. The van der Waals surface area contributed by atoms with Crippen LogP contribution in [-0.2, 0) is 27.9 Å². The average Bonchev–Trinajstić information content (AvgIpc) is 3.01. The van der Waals surface area contributed by atoms with Gasteiger partial charge in [0.2, 0.25) is 0 Å². The van der Waals surface area contributed by atoms with Crippen LogP contribution >= 0.6 is 7.82 Å². The van der Waals surface area contributed by atoms with Gasteiger partial charge in [-0.05, 0) is 51.4 Å². The summed E-state index contributed by atoms with van der Waals surface area (Å²) in [5, 5.41) is 0. The van der Waals surface area contributed by atoms with Gasteiger partial charge in [-0.3, -0.25) is 13.8 Å². The fraction of sp³-hybridized carbons (Fsp3) is 0.743. The zero-order chi connectivity index (χ0) is 32.4. The minimum absolute atomic E-state index is 0.0962. The molecule has 0 radical (unpaired) electrons. The number of allylic oxidation sites excluding steroid dienone is 8. The fourth-order valence-corrected chi connectivity index (χ4v) is 5.04. The zero-order valence-corrected chi connectivity index (χ0v) is 28.8. The van der Waals surface area contributed by atoms with Gasteiger partial charge in [0.25, 0.3) is 0 Å². The second-order valence-corrected chi connectivity index (χ2v) is 12.5. The third-order valence-corrected chi connectivity index (χ3v) is 7.74. The second kappa shape index (κ2) is 32.8. The third-order valence-electron chi connectivity index (χ3n) is 6.76. The summed E-state index contributed by atoms with van der Waals surface area (Å²) in [6.07, 6.45) is 35.7. The van der Waals surface area contributed by atoms with E-state index in [1.54, 1.807) is 0 Å². The number of hydrogen-bond acceptors (Lipinski definition) is 7. The molecular weight excluding hydrogens is 577 g/mol. The molecule has 0 aliphatic carbocycles. The molecule has 0 aromatic carbocycles. The summed E-state index contributed by atoms with van der Waals surface area (Å²) in [5.41, 5.74) is 5.32. The van der Waals surface area contributed by atoms with Crippen LogP contribution in [0.4, 0.5) is 0 Å². The van der Waals surface area contributed by atoms with Crippen LogP contribution in [0.1, 0.15) is 129 Å². The molecule has 9 heteroatoms. The van der Waals surface area contributed by atoms with Crippen molar-refractivity contribution in [3.8, 4) is 0 Å². The van der Waals surface area contributed by atoms with E-state index in [4.69, 9.17) is 24.3 Å². The molecule has 0 saturated carbocycles. The Morgan fingerprint density at radius 2 is 1.27 bits per heavy atom. The van der Waals surface area contributed by atoms with Crippen LogP contribution in [0, 0.1) is 0 Å². The van der Waals surface area contributed by atoms with Crippen molar-refractivity contribution in [2.24, 2.45) is 5.73 Å². The molecule has 0 heterocycles. The first-order valence-electron chi connectivity index (χ1n) is 17.1. The van der Waals surface area contributed by atoms with Gasteiger partial charge in [-0.1, -0.05) is 120 Å². The van der Waals surface area contributed by atoms with E-state index < -0.39 is 13.9 Å². The van der Waals surface area contributed by atoms with Crippen molar-refractivity contribution in [2.45, 2.75) is 136 Å². The Hall–Kier alpha value is -1.54. The highest BCUT2D eigenvalue weighted by Gasteiger charge is 2.25. The van der Waals surface area contributed by atoms with Crippen molar-refractivity contribution >= 4 is 13.8 Å². The summed E-state index contributed by atoms with van der Waals surface area (Å²) in [5.74, 6) is -0.350. The van der Waals surface area contributed by atoms with E-state index in [-0.39, 0.29) is 32.3 Å². The predicted octanol–water partition coefficient (Wildman–Crippen LogP) is 9.29. The van der Waals surface area contributed by atoms with Crippen LogP contribution in [-0.4, -0.2) is 49.9 Å². The maximum absolute atomic E-state index is 12.4. The van der Waals surface area contributed by atoms with Gasteiger partial charge in [-0.2, -0.15) is 0 Å². The number of nitrogens with two attached hydrogens (primary N) is 1. The molecule has 0 rings (SSSR count). The molecule has 0 spiro atoms. The first-order chi connectivity index (χ1) is 21.4. The summed E-state index contributed by atoms with van der Waals surface area (Å²) in [6, 6.07) is 0. The SMILES string of the molecule is CC/C=C\C/C=C\C/C=C\C/C=C\CCCCCCCCC(=O)OC(COCCCCCCCC)COP(=O)(O)OCCN. The lowest BCUT2D eigenvalue weighted by Crippen LogP contribution is -2.28. The topological polar surface area (TPSA) is 117 Å². The number of phosphoric ester groups is 1. The van der Waals surface area contributed by atoms with Crippen LogP contribution in [0.3, 0.4) is 0 Å². The van der Waals surface area contributed by atoms with Crippen molar-refractivity contribution in [1.29, 1.82) is 0 Å². The van der Waals surface area contributed by atoms with Crippen LogP contribution in [0.25, 0.3) is 0 Å². The van der Waals surface area contributed by atoms with Gasteiger partial charge >= 0.3 is 13.8 Å². The van der Waals surface area contributed by atoms with Gasteiger partial charge in [-0.15, -0.1) is 0 Å². The largest absolute Gasteiger partial charge is 0.472 e. The lowest BCUT2D eigenvalue weighted by molar-refractivity contribution is -0.154. The van der Waals surface area contributed by atoms with E-state index in [0.717, 1.165) is 70.6 Å².